The first-order valence-corrected chi connectivity index (χ1v) is 3.84. The Bertz CT molecular complexity index is 150. The van der Waals surface area contributed by atoms with Crippen molar-refractivity contribution in [3.63, 3.8) is 0 Å². The van der Waals surface area contributed by atoms with Gasteiger partial charge in [-0.2, -0.15) is 0 Å². The van der Waals surface area contributed by atoms with Crippen LogP contribution in [-0.4, -0.2) is 0 Å². The highest BCUT2D eigenvalue weighted by molar-refractivity contribution is 5.29. The maximum Gasteiger partial charge on any atom is -0.0229 e. The molecule has 3 aliphatic carbocycles. The first kappa shape index (κ1) is 3.92. The molecule has 44 valence electrons. The van der Waals surface area contributed by atoms with Crippen LogP contribution in [-0.2, 0) is 0 Å². The van der Waals surface area contributed by atoms with E-state index in [0.29, 0.717) is 0 Å². The fraction of sp³-hybridized carbons (Fsp3) is 1.00. The molecule has 4 atom stereocenters. The molecule has 0 heteroatoms. The minimum absolute atomic E-state index is 0.999. The summed E-state index contributed by atoms with van der Waals surface area (Å²) in [5.74, 6) is 3.57. The van der Waals surface area contributed by atoms with Gasteiger partial charge in [-0.15, -0.1) is 0 Å². The topological polar surface area (TPSA) is 0 Å². The van der Waals surface area contributed by atoms with Crippen LogP contribution < -0.4 is 0 Å². The second kappa shape index (κ2) is 0.778. The summed E-state index contributed by atoms with van der Waals surface area (Å²) in [7, 11) is 0. The molecule has 8 heavy (non-hydrogen) atoms. The zero-order valence-corrected chi connectivity index (χ0v) is 5.35. The third-order valence-corrected chi connectivity index (χ3v) is 3.84. The smallest absolute Gasteiger partial charge is 0.0229 e. The molecule has 3 saturated carbocycles. The van der Waals surface area contributed by atoms with Gasteiger partial charge < -0.3 is 0 Å². The highest BCUT2D eigenvalue weighted by atomic mass is 14.8. The molecule has 0 aromatic heterocycles. The lowest BCUT2D eigenvalue weighted by Crippen LogP contribution is -1.97. The van der Waals surface area contributed by atoms with Gasteiger partial charge in [-0.1, -0.05) is 6.92 Å². The van der Waals surface area contributed by atoms with E-state index < -0.39 is 0 Å². The molecule has 3 rings (SSSR count). The van der Waals surface area contributed by atoms with Gasteiger partial charge >= 0.3 is 0 Å². The van der Waals surface area contributed by atoms with E-state index in [-0.39, 0.29) is 0 Å². The number of fused-ring (bicyclic) bond motifs is 1. The molecule has 1 spiro atoms. The second-order valence-electron chi connectivity index (χ2n) is 4.09. The molecule has 3 fully saturated rings. The molecule has 0 amide bonds. The normalized spacial score (nSPS) is 73.9. The Morgan fingerprint density at radius 3 is 2.62 bits per heavy atom. The number of hydrogen-bond acceptors (Lipinski definition) is 0. The quantitative estimate of drug-likeness (QED) is 0.445. The van der Waals surface area contributed by atoms with Gasteiger partial charge in [0.15, 0.2) is 0 Å². The van der Waals surface area contributed by atoms with E-state index in [4.69, 9.17) is 0 Å². The van der Waals surface area contributed by atoms with Crippen LogP contribution in [0.4, 0.5) is 0 Å². The standard InChI is InChI=1S/C8H12/c1-5-2-3-8-4-6(8)7(5)8/h5-7H,2-4H2,1H3. The molecule has 3 aliphatic rings. The van der Waals surface area contributed by atoms with Crippen molar-refractivity contribution in [1.29, 1.82) is 0 Å². The summed E-state index contributed by atoms with van der Waals surface area (Å²) in [5, 5.41) is 0. The van der Waals surface area contributed by atoms with Gasteiger partial charge in [0.1, 0.15) is 0 Å². The number of hydrogen-bond donors (Lipinski definition) is 0. The third-order valence-electron chi connectivity index (χ3n) is 3.84. The lowest BCUT2D eigenvalue weighted by molar-refractivity contribution is 0.450. The molecular formula is C8H12. The van der Waals surface area contributed by atoms with Crippen molar-refractivity contribution in [1.82, 2.24) is 0 Å². The van der Waals surface area contributed by atoms with Crippen LogP contribution in [0.5, 0.6) is 0 Å². The summed E-state index contributed by atoms with van der Waals surface area (Å²) in [6, 6.07) is 0. The monoisotopic (exact) mass is 108 g/mol. The number of rotatable bonds is 0. The highest BCUT2D eigenvalue weighted by Crippen LogP contribution is 2.87. The summed E-state index contributed by atoms with van der Waals surface area (Å²) in [5.41, 5.74) is 0.999. The average molecular weight is 108 g/mol. The Labute approximate surface area is 50.3 Å². The summed E-state index contributed by atoms with van der Waals surface area (Å²) < 4.78 is 0. The SMILES string of the molecule is CC1CCC23CC2C13. The zero-order valence-electron chi connectivity index (χ0n) is 5.35. The van der Waals surface area contributed by atoms with Crippen LogP contribution in [0.2, 0.25) is 0 Å². The van der Waals surface area contributed by atoms with Gasteiger partial charge in [0.05, 0.1) is 0 Å². The van der Waals surface area contributed by atoms with Crippen LogP contribution in [0.15, 0.2) is 0 Å². The Kier molecular flexibility index (Phi) is 0.381. The van der Waals surface area contributed by atoms with Gasteiger partial charge in [0.2, 0.25) is 0 Å². The summed E-state index contributed by atoms with van der Waals surface area (Å²) >= 11 is 0. The largest absolute Gasteiger partial charge is 0.0622 e. The fourth-order valence-electron chi connectivity index (χ4n) is 3.16. The lowest BCUT2D eigenvalue weighted by Gasteiger charge is -2.04. The molecule has 0 aliphatic heterocycles. The van der Waals surface area contributed by atoms with E-state index in [9.17, 15) is 0 Å². The minimum atomic E-state index is 0.999. The second-order valence-corrected chi connectivity index (χ2v) is 4.09. The van der Waals surface area contributed by atoms with E-state index in [1.54, 1.807) is 19.3 Å². The Hall–Kier alpha value is 0. The molecule has 0 heterocycles. The predicted octanol–water partition coefficient (Wildman–Crippen LogP) is 2.05. The van der Waals surface area contributed by atoms with Crippen molar-refractivity contribution >= 4 is 0 Å². The van der Waals surface area contributed by atoms with Crippen LogP contribution >= 0.6 is 0 Å². The van der Waals surface area contributed by atoms with Gasteiger partial charge in [0.25, 0.3) is 0 Å². The Balaban J connectivity index is 1.98. The maximum atomic E-state index is 2.44. The van der Waals surface area contributed by atoms with E-state index in [1.165, 1.54) is 11.8 Å². The molecule has 0 saturated heterocycles. The van der Waals surface area contributed by atoms with Crippen molar-refractivity contribution in [2.24, 2.45) is 23.2 Å². The molecule has 0 N–H and O–H groups in total. The van der Waals surface area contributed by atoms with Gasteiger partial charge in [-0.25, -0.2) is 0 Å². The first-order valence-electron chi connectivity index (χ1n) is 3.84. The van der Waals surface area contributed by atoms with Gasteiger partial charge in [-0.3, -0.25) is 0 Å². The molecule has 0 aromatic carbocycles. The van der Waals surface area contributed by atoms with Crippen LogP contribution in [0.25, 0.3) is 0 Å². The summed E-state index contributed by atoms with van der Waals surface area (Å²) in [4.78, 5) is 0. The van der Waals surface area contributed by atoms with Crippen molar-refractivity contribution in [2.75, 3.05) is 0 Å². The van der Waals surface area contributed by atoms with E-state index >= 15 is 0 Å². The predicted molar refractivity (Wildman–Crippen MR) is 32.4 cm³/mol. The van der Waals surface area contributed by atoms with Crippen molar-refractivity contribution in [2.45, 2.75) is 26.2 Å². The van der Waals surface area contributed by atoms with Crippen LogP contribution in [0.3, 0.4) is 0 Å². The van der Waals surface area contributed by atoms with Crippen molar-refractivity contribution < 1.29 is 0 Å². The molecule has 4 unspecified atom stereocenters. The maximum absolute atomic E-state index is 2.44. The average Bonchev–Trinajstić information content (AvgIpc) is 2.43. The van der Waals surface area contributed by atoms with Crippen molar-refractivity contribution in [3.05, 3.63) is 0 Å². The summed E-state index contributed by atoms with van der Waals surface area (Å²) in [6.45, 7) is 2.44. The highest BCUT2D eigenvalue weighted by Gasteiger charge is 2.81. The van der Waals surface area contributed by atoms with E-state index in [2.05, 4.69) is 6.92 Å². The Morgan fingerprint density at radius 1 is 1.50 bits per heavy atom. The van der Waals surface area contributed by atoms with Gasteiger partial charge in [-0.05, 0) is 42.4 Å². The minimum Gasteiger partial charge on any atom is -0.0622 e. The van der Waals surface area contributed by atoms with Crippen molar-refractivity contribution in [3.8, 4) is 0 Å². The van der Waals surface area contributed by atoms with E-state index in [1.807, 2.05) is 0 Å². The molecule has 0 nitrogen and oxygen atoms in total. The molecule has 0 bridgehead atoms. The van der Waals surface area contributed by atoms with E-state index in [0.717, 1.165) is 11.3 Å². The zero-order chi connectivity index (χ0) is 5.35. The van der Waals surface area contributed by atoms with Gasteiger partial charge in [0, 0.05) is 0 Å². The first-order chi connectivity index (χ1) is 3.84. The summed E-state index contributed by atoms with van der Waals surface area (Å²) in [6.07, 6.45) is 4.74. The van der Waals surface area contributed by atoms with Crippen LogP contribution in [0.1, 0.15) is 26.2 Å². The fourth-order valence-corrected chi connectivity index (χ4v) is 3.16. The molecular weight excluding hydrogens is 96.1 g/mol. The van der Waals surface area contributed by atoms with Crippen LogP contribution in [0, 0.1) is 23.2 Å². The third kappa shape index (κ3) is 0.206. The molecule has 0 radical (unpaired) electrons. The lowest BCUT2D eigenvalue weighted by atomic mass is 10.0. The Morgan fingerprint density at radius 2 is 2.38 bits per heavy atom. The molecule has 0 aromatic rings.